The van der Waals surface area contributed by atoms with Crippen LogP contribution in [-0.2, 0) is 20.1 Å². The van der Waals surface area contributed by atoms with Crippen molar-refractivity contribution < 1.29 is 18.0 Å². The lowest BCUT2D eigenvalue weighted by molar-refractivity contribution is 0.0924. The predicted molar refractivity (Wildman–Crippen MR) is 109 cm³/mol. The number of aromatic nitrogens is 2. The van der Waals surface area contributed by atoms with Crippen molar-refractivity contribution in [1.82, 2.24) is 14.5 Å². The Kier molecular flexibility index (Phi) is 5.24. The van der Waals surface area contributed by atoms with E-state index in [-0.39, 0.29) is 35.5 Å². The largest absolute Gasteiger partial charge is 0.434 e. The molecule has 31 heavy (non-hydrogen) atoms. The van der Waals surface area contributed by atoms with E-state index in [2.05, 4.69) is 5.32 Å². The van der Waals surface area contributed by atoms with Crippen LogP contribution in [-0.4, -0.2) is 15.0 Å². The topological polar surface area (TPSA) is 86.2 Å². The van der Waals surface area contributed by atoms with E-state index in [0.29, 0.717) is 0 Å². The first-order valence-electron chi connectivity index (χ1n) is 9.34. The van der Waals surface area contributed by atoms with Crippen LogP contribution in [0.4, 0.5) is 8.78 Å². The Morgan fingerprint density at radius 2 is 1.74 bits per heavy atom. The molecule has 0 saturated heterocycles. The molecule has 9 heteroatoms. The number of nitrogens with zero attached hydrogens (tertiary/aromatic N) is 2. The van der Waals surface area contributed by atoms with Crippen molar-refractivity contribution in [3.8, 4) is 0 Å². The molecule has 0 bridgehead atoms. The van der Waals surface area contributed by atoms with Gasteiger partial charge in [-0.25, -0.2) is 13.6 Å². The maximum absolute atomic E-state index is 13.5. The minimum absolute atomic E-state index is 0.0227. The van der Waals surface area contributed by atoms with Crippen LogP contribution in [0.25, 0.3) is 11.1 Å². The first kappa shape index (κ1) is 20.3. The predicted octanol–water partition coefficient (Wildman–Crippen LogP) is 2.55. The lowest BCUT2D eigenvalue weighted by Crippen LogP contribution is -2.39. The number of aryl methyl sites for hydroxylation is 1. The molecule has 2 aromatic heterocycles. The summed E-state index contributed by atoms with van der Waals surface area (Å²) in [4.78, 5) is 38.0. The summed E-state index contributed by atoms with van der Waals surface area (Å²) < 4.78 is 34.1. The first-order valence-corrected chi connectivity index (χ1v) is 9.34. The molecule has 0 aliphatic rings. The van der Waals surface area contributed by atoms with Gasteiger partial charge >= 0.3 is 5.69 Å². The van der Waals surface area contributed by atoms with E-state index >= 15 is 0 Å². The maximum Gasteiger partial charge on any atom is 0.333 e. The average Bonchev–Trinajstić information content (AvgIpc) is 3.23. The lowest BCUT2D eigenvalue weighted by Gasteiger charge is -2.08. The zero-order chi connectivity index (χ0) is 22.1. The van der Waals surface area contributed by atoms with Crippen LogP contribution < -0.4 is 16.6 Å². The Balaban J connectivity index is 1.67. The highest BCUT2D eigenvalue weighted by Crippen LogP contribution is 2.15. The summed E-state index contributed by atoms with van der Waals surface area (Å²) in [7, 11) is 1.39. The number of benzene rings is 2. The molecule has 158 valence electrons. The number of nitrogens with one attached hydrogen (secondary N) is 1. The molecule has 0 aliphatic carbocycles. The Morgan fingerprint density at radius 1 is 1.00 bits per heavy atom. The van der Waals surface area contributed by atoms with Gasteiger partial charge in [-0.05, 0) is 23.3 Å². The van der Waals surface area contributed by atoms with Crippen molar-refractivity contribution in [3.63, 3.8) is 0 Å². The van der Waals surface area contributed by atoms with Crippen molar-refractivity contribution in [1.29, 1.82) is 0 Å². The van der Waals surface area contributed by atoms with Gasteiger partial charge in [-0.2, -0.15) is 0 Å². The molecular formula is C22H17F2N3O4. The highest BCUT2D eigenvalue weighted by Gasteiger charge is 2.20. The van der Waals surface area contributed by atoms with Gasteiger partial charge in [-0.15, -0.1) is 0 Å². The van der Waals surface area contributed by atoms with Crippen molar-refractivity contribution >= 4 is 17.0 Å². The van der Waals surface area contributed by atoms with Crippen LogP contribution >= 0.6 is 0 Å². The van der Waals surface area contributed by atoms with Gasteiger partial charge in [0.05, 0.1) is 6.54 Å². The van der Waals surface area contributed by atoms with Crippen molar-refractivity contribution in [2.75, 3.05) is 0 Å². The summed E-state index contributed by atoms with van der Waals surface area (Å²) in [6.45, 7) is -0.00459. The fourth-order valence-electron chi connectivity index (χ4n) is 3.22. The molecule has 4 aromatic rings. The monoisotopic (exact) mass is 425 g/mol. The van der Waals surface area contributed by atoms with Crippen molar-refractivity contribution in [2.24, 2.45) is 7.05 Å². The molecule has 0 saturated carbocycles. The minimum atomic E-state index is -1.08. The van der Waals surface area contributed by atoms with E-state index in [1.54, 1.807) is 0 Å². The van der Waals surface area contributed by atoms with E-state index in [9.17, 15) is 23.2 Å². The molecule has 1 amide bonds. The van der Waals surface area contributed by atoms with Gasteiger partial charge in [0, 0.05) is 19.7 Å². The smallest absolute Gasteiger partial charge is 0.333 e. The number of amides is 1. The van der Waals surface area contributed by atoms with Gasteiger partial charge in [0.15, 0.2) is 17.4 Å². The summed E-state index contributed by atoms with van der Waals surface area (Å²) in [5.41, 5.74) is -0.349. The van der Waals surface area contributed by atoms with Gasteiger partial charge in [0.25, 0.3) is 11.5 Å². The Bertz CT molecular complexity index is 1400. The van der Waals surface area contributed by atoms with Crippen LogP contribution in [0.1, 0.15) is 21.7 Å². The zero-order valence-corrected chi connectivity index (χ0v) is 16.4. The molecule has 4 rings (SSSR count). The number of carbonyl (C=O) groups excluding carboxylic acids is 1. The molecule has 0 fully saturated rings. The van der Waals surface area contributed by atoms with Gasteiger partial charge in [0.1, 0.15) is 5.39 Å². The highest BCUT2D eigenvalue weighted by molar-refractivity contribution is 5.95. The van der Waals surface area contributed by atoms with Gasteiger partial charge < -0.3 is 9.73 Å². The summed E-state index contributed by atoms with van der Waals surface area (Å²) in [6, 6.07) is 13.6. The number of carbonyl (C=O) groups is 1. The number of hydrogen-bond acceptors (Lipinski definition) is 4. The Hall–Kier alpha value is -4.01. The van der Waals surface area contributed by atoms with E-state index in [1.165, 1.54) is 19.2 Å². The van der Waals surface area contributed by atoms with E-state index in [0.717, 1.165) is 26.8 Å². The number of furan rings is 1. The number of halogens is 2. The third kappa shape index (κ3) is 3.89. The number of rotatable bonds is 5. The molecule has 0 atom stereocenters. The summed E-state index contributed by atoms with van der Waals surface area (Å²) in [6.07, 6.45) is 0. The molecule has 0 spiro atoms. The number of fused-ring (bicyclic) bond motifs is 1. The second kappa shape index (κ2) is 8.02. The van der Waals surface area contributed by atoms with Crippen molar-refractivity contribution in [2.45, 2.75) is 13.1 Å². The van der Waals surface area contributed by atoms with Crippen LogP contribution in [0.5, 0.6) is 0 Å². The van der Waals surface area contributed by atoms with Crippen LogP contribution in [0.2, 0.25) is 0 Å². The Morgan fingerprint density at radius 3 is 2.45 bits per heavy atom. The second-order valence-electron chi connectivity index (χ2n) is 6.98. The van der Waals surface area contributed by atoms with Gasteiger partial charge in [-0.3, -0.25) is 18.7 Å². The molecule has 1 N–H and O–H groups in total. The summed E-state index contributed by atoms with van der Waals surface area (Å²) in [5.74, 6) is -2.77. The molecule has 2 aromatic carbocycles. The normalized spacial score (nSPS) is 11.1. The molecule has 0 radical (unpaired) electrons. The third-order valence-corrected chi connectivity index (χ3v) is 4.85. The quantitative estimate of drug-likeness (QED) is 0.533. The molecule has 2 heterocycles. The fraction of sp³-hybridized carbons (Fsp3) is 0.136. The van der Waals surface area contributed by atoms with Crippen LogP contribution in [0.3, 0.4) is 0 Å². The standard InChI is InChI=1S/C22H17F2N3O4/c1-26-21-15(10-18(31-21)19(28)25-11-13-5-3-2-4-6-13)20(29)27(22(26)30)12-14-7-8-16(23)17(24)9-14/h2-10H,11-12H2,1H3,(H,25,28). The van der Waals surface area contributed by atoms with Gasteiger partial charge in [-0.1, -0.05) is 36.4 Å². The highest BCUT2D eigenvalue weighted by atomic mass is 19.2. The average molecular weight is 425 g/mol. The SMILES string of the molecule is Cn1c(=O)n(Cc2ccc(F)c(F)c2)c(=O)c2cc(C(=O)NCc3ccccc3)oc21. The molecule has 0 unspecified atom stereocenters. The van der Waals surface area contributed by atoms with E-state index in [4.69, 9.17) is 4.42 Å². The molecular weight excluding hydrogens is 408 g/mol. The van der Waals surface area contributed by atoms with E-state index < -0.39 is 28.8 Å². The maximum atomic E-state index is 13.5. The second-order valence-corrected chi connectivity index (χ2v) is 6.98. The summed E-state index contributed by atoms with van der Waals surface area (Å²) >= 11 is 0. The van der Waals surface area contributed by atoms with Crippen LogP contribution in [0.15, 0.2) is 68.6 Å². The third-order valence-electron chi connectivity index (χ3n) is 4.85. The molecule has 7 nitrogen and oxygen atoms in total. The minimum Gasteiger partial charge on any atom is -0.434 e. The first-order chi connectivity index (χ1) is 14.8. The number of hydrogen-bond donors (Lipinski definition) is 1. The van der Waals surface area contributed by atoms with Gasteiger partial charge in [0.2, 0.25) is 5.71 Å². The fourth-order valence-corrected chi connectivity index (χ4v) is 3.22. The van der Waals surface area contributed by atoms with E-state index in [1.807, 2.05) is 30.3 Å². The Labute approximate surface area is 174 Å². The molecule has 0 aliphatic heterocycles. The lowest BCUT2D eigenvalue weighted by atomic mass is 10.2. The van der Waals surface area contributed by atoms with Crippen molar-refractivity contribution in [3.05, 3.63) is 104 Å². The van der Waals surface area contributed by atoms with Crippen LogP contribution in [0, 0.1) is 11.6 Å². The summed E-state index contributed by atoms with van der Waals surface area (Å²) in [5, 5.41) is 2.71. The zero-order valence-electron chi connectivity index (χ0n) is 16.4.